The van der Waals surface area contributed by atoms with Crippen molar-refractivity contribution in [3.8, 4) is 5.75 Å². The largest absolute Gasteiger partial charge is 0.487 e. The molecular weight excluding hydrogens is 368 g/mol. The Balaban J connectivity index is 1.74. The number of nitrogens with zero attached hydrogens (tertiary/aromatic N) is 2. The minimum Gasteiger partial charge on any atom is -0.487 e. The van der Waals surface area contributed by atoms with Gasteiger partial charge in [-0.25, -0.2) is 0 Å². The molecule has 0 atom stereocenters. The Morgan fingerprint density at radius 2 is 1.71 bits per heavy atom. The summed E-state index contributed by atoms with van der Waals surface area (Å²) >= 11 is 6.25. The SMILES string of the molecule is Cc1ccc(Cn2c(C)c(C)c3nccc(COc4ccccc4Cl)c32)cc1. The number of aryl methyl sites for hydroxylation is 2. The van der Waals surface area contributed by atoms with Gasteiger partial charge in [0.25, 0.3) is 0 Å². The Labute approximate surface area is 170 Å². The summed E-state index contributed by atoms with van der Waals surface area (Å²) in [6.45, 7) is 7.65. The molecule has 2 aromatic heterocycles. The zero-order valence-corrected chi connectivity index (χ0v) is 17.1. The predicted molar refractivity (Wildman–Crippen MR) is 115 cm³/mol. The highest BCUT2D eigenvalue weighted by Gasteiger charge is 2.16. The van der Waals surface area contributed by atoms with Crippen LogP contribution in [0.2, 0.25) is 5.02 Å². The van der Waals surface area contributed by atoms with Crippen molar-refractivity contribution < 1.29 is 4.74 Å². The quantitative estimate of drug-likeness (QED) is 0.403. The minimum atomic E-state index is 0.444. The highest BCUT2D eigenvalue weighted by molar-refractivity contribution is 6.32. The van der Waals surface area contributed by atoms with Crippen molar-refractivity contribution in [1.29, 1.82) is 0 Å². The van der Waals surface area contributed by atoms with Gasteiger partial charge < -0.3 is 9.30 Å². The number of halogens is 1. The highest BCUT2D eigenvalue weighted by Crippen LogP contribution is 2.29. The van der Waals surface area contributed by atoms with E-state index in [0.29, 0.717) is 17.4 Å². The van der Waals surface area contributed by atoms with Crippen LogP contribution in [0.5, 0.6) is 5.75 Å². The summed E-state index contributed by atoms with van der Waals surface area (Å²) in [4.78, 5) is 4.65. The first-order chi connectivity index (χ1) is 13.5. The minimum absolute atomic E-state index is 0.444. The van der Waals surface area contributed by atoms with Crippen molar-refractivity contribution in [2.45, 2.75) is 33.9 Å². The van der Waals surface area contributed by atoms with Crippen molar-refractivity contribution in [3.05, 3.63) is 93.8 Å². The maximum atomic E-state index is 6.25. The molecule has 0 amide bonds. The van der Waals surface area contributed by atoms with Crippen LogP contribution in [0.25, 0.3) is 11.0 Å². The van der Waals surface area contributed by atoms with E-state index in [4.69, 9.17) is 16.3 Å². The average Bonchev–Trinajstić information content (AvgIpc) is 2.94. The van der Waals surface area contributed by atoms with Gasteiger partial charge in [0.15, 0.2) is 0 Å². The number of aromatic nitrogens is 2. The monoisotopic (exact) mass is 390 g/mol. The number of ether oxygens (including phenoxy) is 1. The maximum Gasteiger partial charge on any atom is 0.138 e. The van der Waals surface area contributed by atoms with Crippen LogP contribution < -0.4 is 4.74 Å². The lowest BCUT2D eigenvalue weighted by molar-refractivity contribution is 0.307. The van der Waals surface area contributed by atoms with Gasteiger partial charge in [-0.05, 0) is 50.1 Å². The summed E-state index contributed by atoms with van der Waals surface area (Å²) in [5.74, 6) is 0.694. The Morgan fingerprint density at radius 3 is 2.46 bits per heavy atom. The second kappa shape index (κ2) is 7.69. The molecule has 0 radical (unpaired) electrons. The summed E-state index contributed by atoms with van der Waals surface area (Å²) in [6.07, 6.45) is 1.86. The molecule has 4 heteroatoms. The van der Waals surface area contributed by atoms with Gasteiger partial charge >= 0.3 is 0 Å². The van der Waals surface area contributed by atoms with Crippen molar-refractivity contribution in [2.75, 3.05) is 0 Å². The molecule has 4 aromatic rings. The van der Waals surface area contributed by atoms with Crippen molar-refractivity contribution in [1.82, 2.24) is 9.55 Å². The molecule has 0 aliphatic rings. The lowest BCUT2D eigenvalue weighted by atomic mass is 10.1. The number of pyridine rings is 1. The van der Waals surface area contributed by atoms with Crippen molar-refractivity contribution >= 4 is 22.6 Å². The molecule has 142 valence electrons. The van der Waals surface area contributed by atoms with E-state index >= 15 is 0 Å². The number of para-hydroxylation sites is 1. The van der Waals surface area contributed by atoms with Crippen LogP contribution in [-0.2, 0) is 13.2 Å². The molecular formula is C24H23ClN2O. The highest BCUT2D eigenvalue weighted by atomic mass is 35.5. The number of hydrogen-bond acceptors (Lipinski definition) is 2. The summed E-state index contributed by atoms with van der Waals surface area (Å²) < 4.78 is 8.37. The number of fused-ring (bicyclic) bond motifs is 1. The molecule has 0 spiro atoms. The predicted octanol–water partition coefficient (Wildman–Crippen LogP) is 6.24. The Bertz CT molecular complexity index is 1130. The summed E-state index contributed by atoms with van der Waals surface area (Å²) in [7, 11) is 0. The zero-order valence-electron chi connectivity index (χ0n) is 16.4. The lowest BCUT2D eigenvalue weighted by Crippen LogP contribution is -2.05. The summed E-state index contributed by atoms with van der Waals surface area (Å²) in [6, 6.07) is 18.3. The molecule has 0 fully saturated rings. The van der Waals surface area contributed by atoms with Gasteiger partial charge in [-0.2, -0.15) is 0 Å². The van der Waals surface area contributed by atoms with Crippen LogP contribution in [0.1, 0.15) is 27.9 Å². The van der Waals surface area contributed by atoms with E-state index < -0.39 is 0 Å². The normalized spacial score (nSPS) is 11.1. The second-order valence-corrected chi connectivity index (χ2v) is 7.58. The van der Waals surface area contributed by atoms with Crippen LogP contribution in [0, 0.1) is 20.8 Å². The van der Waals surface area contributed by atoms with E-state index in [2.05, 4.69) is 54.6 Å². The molecule has 2 heterocycles. The lowest BCUT2D eigenvalue weighted by Gasteiger charge is -2.13. The Kier molecular flexibility index (Phi) is 5.10. The van der Waals surface area contributed by atoms with E-state index in [0.717, 1.165) is 23.1 Å². The summed E-state index contributed by atoms with van der Waals surface area (Å²) in [5, 5.41) is 0.621. The van der Waals surface area contributed by atoms with Gasteiger partial charge in [-0.15, -0.1) is 0 Å². The second-order valence-electron chi connectivity index (χ2n) is 7.17. The number of hydrogen-bond donors (Lipinski definition) is 0. The van der Waals surface area contributed by atoms with Gasteiger partial charge in [-0.1, -0.05) is 53.6 Å². The van der Waals surface area contributed by atoms with Crippen molar-refractivity contribution in [3.63, 3.8) is 0 Å². The fourth-order valence-electron chi connectivity index (χ4n) is 3.52. The molecule has 0 N–H and O–H groups in total. The average molecular weight is 391 g/mol. The third-order valence-electron chi connectivity index (χ3n) is 5.26. The third kappa shape index (κ3) is 3.50. The maximum absolute atomic E-state index is 6.25. The van der Waals surface area contributed by atoms with Crippen LogP contribution in [0.3, 0.4) is 0 Å². The van der Waals surface area contributed by atoms with E-state index in [1.165, 1.54) is 22.4 Å². The van der Waals surface area contributed by atoms with Crippen LogP contribution in [-0.4, -0.2) is 9.55 Å². The Morgan fingerprint density at radius 1 is 0.964 bits per heavy atom. The van der Waals surface area contributed by atoms with E-state index in [9.17, 15) is 0 Å². The van der Waals surface area contributed by atoms with Crippen LogP contribution in [0.4, 0.5) is 0 Å². The van der Waals surface area contributed by atoms with Gasteiger partial charge in [0.2, 0.25) is 0 Å². The molecule has 28 heavy (non-hydrogen) atoms. The first kappa shape index (κ1) is 18.6. The molecule has 0 bridgehead atoms. The zero-order chi connectivity index (χ0) is 19.7. The molecule has 0 aliphatic heterocycles. The van der Waals surface area contributed by atoms with Gasteiger partial charge in [0.05, 0.1) is 16.1 Å². The van der Waals surface area contributed by atoms with E-state index in [-0.39, 0.29) is 0 Å². The fourth-order valence-corrected chi connectivity index (χ4v) is 3.71. The van der Waals surface area contributed by atoms with Crippen molar-refractivity contribution in [2.24, 2.45) is 0 Å². The molecule has 0 unspecified atom stereocenters. The van der Waals surface area contributed by atoms with Crippen LogP contribution >= 0.6 is 11.6 Å². The summed E-state index contributed by atoms with van der Waals surface area (Å²) in [5.41, 5.74) is 8.25. The standard InChI is InChI=1S/C24H23ClN2O/c1-16-8-10-19(11-9-16)14-27-18(3)17(2)23-24(27)20(12-13-26-23)15-28-22-7-5-4-6-21(22)25/h4-13H,14-15H2,1-3H3. The topological polar surface area (TPSA) is 27.1 Å². The first-order valence-electron chi connectivity index (χ1n) is 9.40. The van der Waals surface area contributed by atoms with E-state index in [1.54, 1.807) is 0 Å². The van der Waals surface area contributed by atoms with E-state index in [1.807, 2.05) is 36.5 Å². The molecule has 0 saturated carbocycles. The fraction of sp³-hybridized carbons (Fsp3) is 0.208. The van der Waals surface area contributed by atoms with Gasteiger partial charge in [-0.3, -0.25) is 4.98 Å². The Hall–Kier alpha value is -2.78. The number of rotatable bonds is 5. The first-order valence-corrected chi connectivity index (χ1v) is 9.78. The molecule has 2 aromatic carbocycles. The molecule has 3 nitrogen and oxygen atoms in total. The molecule has 0 aliphatic carbocycles. The van der Waals surface area contributed by atoms with Crippen LogP contribution in [0.15, 0.2) is 60.8 Å². The smallest absolute Gasteiger partial charge is 0.138 e. The van der Waals surface area contributed by atoms with Gasteiger partial charge in [0, 0.05) is 24.0 Å². The molecule has 0 saturated heterocycles. The van der Waals surface area contributed by atoms with Gasteiger partial charge in [0.1, 0.15) is 12.4 Å². The third-order valence-corrected chi connectivity index (χ3v) is 5.57. The molecule has 4 rings (SSSR count). The number of benzene rings is 2.